The topological polar surface area (TPSA) is 12.0 Å². The van der Waals surface area contributed by atoms with Crippen LogP contribution in [-0.4, -0.2) is 6.26 Å². The number of hydrogen-bond acceptors (Lipinski definition) is 3. The minimum absolute atomic E-state index is 0.763. The molecule has 0 aliphatic rings. The first-order valence-corrected chi connectivity index (χ1v) is 7.52. The second-order valence-corrected chi connectivity index (χ2v) is 5.58. The van der Waals surface area contributed by atoms with Crippen LogP contribution in [-0.2, 0) is 0 Å². The normalized spacial score (nSPS) is 10.2. The van der Waals surface area contributed by atoms with E-state index in [9.17, 15) is 0 Å². The van der Waals surface area contributed by atoms with Gasteiger partial charge in [-0.1, -0.05) is 11.6 Å². The van der Waals surface area contributed by atoms with Crippen molar-refractivity contribution in [2.45, 2.75) is 9.79 Å². The minimum Gasteiger partial charge on any atom is -0.326 e. The lowest BCUT2D eigenvalue weighted by Gasteiger charge is -2.06. The Morgan fingerprint density at radius 3 is 2.06 bits per heavy atom. The van der Waals surface area contributed by atoms with Gasteiger partial charge in [0.15, 0.2) is 0 Å². The van der Waals surface area contributed by atoms with Crippen LogP contribution in [0.5, 0.6) is 0 Å². The van der Waals surface area contributed by atoms with E-state index in [0.29, 0.717) is 0 Å². The maximum absolute atomic E-state index is 5.83. The number of thioether (sulfide) groups is 1. The van der Waals surface area contributed by atoms with Crippen LogP contribution in [0.25, 0.3) is 0 Å². The molecule has 0 saturated carbocycles. The zero-order valence-corrected chi connectivity index (χ0v) is 11.7. The molecular weight excluding hydrogens is 270 g/mol. The lowest BCUT2D eigenvalue weighted by Crippen LogP contribution is -1.85. The molecule has 4 heteroatoms. The maximum atomic E-state index is 5.83. The summed E-state index contributed by atoms with van der Waals surface area (Å²) < 4.78 is 3.30. The predicted octanol–water partition coefficient (Wildman–Crippen LogP) is 5.18. The summed E-state index contributed by atoms with van der Waals surface area (Å²) in [6.45, 7) is 0. The molecule has 0 bridgehead atoms. The number of benzene rings is 2. The third-order valence-corrected chi connectivity index (χ3v) is 4.03. The quantitative estimate of drug-likeness (QED) is 0.612. The Labute approximate surface area is 115 Å². The molecule has 0 fully saturated rings. The van der Waals surface area contributed by atoms with Crippen LogP contribution < -0.4 is 4.72 Å². The van der Waals surface area contributed by atoms with Crippen molar-refractivity contribution in [2.24, 2.45) is 0 Å². The van der Waals surface area contributed by atoms with E-state index in [1.165, 1.54) is 4.90 Å². The highest BCUT2D eigenvalue weighted by Crippen LogP contribution is 2.24. The van der Waals surface area contributed by atoms with E-state index >= 15 is 0 Å². The molecule has 0 saturated heterocycles. The van der Waals surface area contributed by atoms with E-state index in [-0.39, 0.29) is 0 Å². The van der Waals surface area contributed by atoms with Crippen molar-refractivity contribution in [3.63, 3.8) is 0 Å². The minimum atomic E-state index is 0.763. The van der Waals surface area contributed by atoms with Crippen molar-refractivity contribution in [1.29, 1.82) is 0 Å². The largest absolute Gasteiger partial charge is 0.326 e. The Morgan fingerprint density at radius 1 is 0.882 bits per heavy atom. The van der Waals surface area contributed by atoms with E-state index in [2.05, 4.69) is 35.2 Å². The SMILES string of the molecule is CSc1ccc(NSc2ccc(Cl)cc2)cc1. The van der Waals surface area contributed by atoms with Crippen molar-refractivity contribution in [3.05, 3.63) is 53.6 Å². The predicted molar refractivity (Wildman–Crippen MR) is 79.2 cm³/mol. The zero-order valence-electron chi connectivity index (χ0n) is 9.31. The van der Waals surface area contributed by atoms with Gasteiger partial charge >= 0.3 is 0 Å². The highest BCUT2D eigenvalue weighted by molar-refractivity contribution is 8.00. The highest BCUT2D eigenvalue weighted by Gasteiger charge is 1.96. The highest BCUT2D eigenvalue weighted by atomic mass is 35.5. The molecular formula is C13H12ClNS2. The average molecular weight is 282 g/mol. The molecule has 2 rings (SSSR count). The Kier molecular flexibility index (Phi) is 4.66. The molecule has 0 heterocycles. The summed E-state index contributed by atoms with van der Waals surface area (Å²) in [7, 11) is 0. The van der Waals surface area contributed by atoms with Gasteiger partial charge in [0.1, 0.15) is 0 Å². The molecule has 1 nitrogen and oxygen atoms in total. The van der Waals surface area contributed by atoms with Gasteiger partial charge in [-0.25, -0.2) is 0 Å². The lowest BCUT2D eigenvalue weighted by molar-refractivity contribution is 1.45. The fourth-order valence-corrected chi connectivity index (χ4v) is 2.46. The first kappa shape index (κ1) is 12.7. The van der Waals surface area contributed by atoms with Crippen molar-refractivity contribution in [2.75, 3.05) is 11.0 Å². The molecule has 0 atom stereocenters. The first-order valence-electron chi connectivity index (χ1n) is 5.10. The monoisotopic (exact) mass is 281 g/mol. The fourth-order valence-electron chi connectivity index (χ4n) is 1.28. The summed E-state index contributed by atoms with van der Waals surface area (Å²) in [6.07, 6.45) is 2.07. The number of anilines is 1. The van der Waals surface area contributed by atoms with Crippen LogP contribution in [0.15, 0.2) is 58.3 Å². The Bertz CT molecular complexity index is 468. The van der Waals surface area contributed by atoms with Crippen molar-refractivity contribution >= 4 is 41.0 Å². The van der Waals surface area contributed by atoms with E-state index < -0.39 is 0 Å². The average Bonchev–Trinajstić information content (AvgIpc) is 2.39. The molecule has 17 heavy (non-hydrogen) atoms. The van der Waals surface area contributed by atoms with Gasteiger partial charge in [0.05, 0.1) is 0 Å². The van der Waals surface area contributed by atoms with E-state index in [0.717, 1.165) is 15.6 Å². The third kappa shape index (κ3) is 3.87. The van der Waals surface area contributed by atoms with Gasteiger partial charge in [-0.3, -0.25) is 0 Å². The fraction of sp³-hybridized carbons (Fsp3) is 0.0769. The standard InChI is InChI=1S/C13H12ClNS2/c1-16-12-8-4-11(5-9-12)15-17-13-6-2-10(14)3-7-13/h2-9,15H,1H3. The van der Waals surface area contributed by atoms with Gasteiger partial charge in [0.2, 0.25) is 0 Å². The van der Waals surface area contributed by atoms with E-state index in [1.807, 2.05) is 24.3 Å². The van der Waals surface area contributed by atoms with Gasteiger partial charge in [0.25, 0.3) is 0 Å². The van der Waals surface area contributed by atoms with Crippen LogP contribution in [0, 0.1) is 0 Å². The van der Waals surface area contributed by atoms with Crippen LogP contribution >= 0.6 is 35.3 Å². The number of nitrogens with one attached hydrogen (secondary N) is 1. The van der Waals surface area contributed by atoms with E-state index in [1.54, 1.807) is 23.7 Å². The summed E-state index contributed by atoms with van der Waals surface area (Å²) in [4.78, 5) is 2.41. The Morgan fingerprint density at radius 2 is 1.47 bits per heavy atom. The lowest BCUT2D eigenvalue weighted by atomic mass is 10.3. The molecule has 1 N–H and O–H groups in total. The molecule has 2 aromatic carbocycles. The molecule has 0 spiro atoms. The van der Waals surface area contributed by atoms with Gasteiger partial charge in [-0.15, -0.1) is 11.8 Å². The Hall–Kier alpha value is -0.770. The number of rotatable bonds is 4. The van der Waals surface area contributed by atoms with Crippen LogP contribution in [0.3, 0.4) is 0 Å². The molecule has 2 aromatic rings. The van der Waals surface area contributed by atoms with Crippen LogP contribution in [0.4, 0.5) is 5.69 Å². The van der Waals surface area contributed by atoms with E-state index in [4.69, 9.17) is 11.6 Å². The van der Waals surface area contributed by atoms with Gasteiger partial charge in [-0.2, -0.15) is 0 Å². The summed E-state index contributed by atoms with van der Waals surface area (Å²) in [5.74, 6) is 0. The molecule has 0 aliphatic carbocycles. The molecule has 0 unspecified atom stereocenters. The van der Waals surface area contributed by atoms with Crippen molar-refractivity contribution in [3.8, 4) is 0 Å². The smallest absolute Gasteiger partial charge is 0.0443 e. The van der Waals surface area contributed by atoms with Crippen molar-refractivity contribution in [1.82, 2.24) is 0 Å². The van der Waals surface area contributed by atoms with Gasteiger partial charge < -0.3 is 4.72 Å². The molecule has 0 radical (unpaired) electrons. The summed E-state index contributed by atoms with van der Waals surface area (Å²) >= 11 is 9.15. The Balaban J connectivity index is 1.95. The molecule has 0 aromatic heterocycles. The van der Waals surface area contributed by atoms with Crippen LogP contribution in [0.1, 0.15) is 0 Å². The summed E-state index contributed by atoms with van der Waals surface area (Å²) in [5, 5.41) is 0.763. The molecule has 0 amide bonds. The first-order chi connectivity index (χ1) is 8.28. The molecule has 88 valence electrons. The van der Waals surface area contributed by atoms with Gasteiger partial charge in [0, 0.05) is 20.5 Å². The van der Waals surface area contributed by atoms with Gasteiger partial charge in [-0.05, 0) is 66.7 Å². The maximum Gasteiger partial charge on any atom is 0.0443 e. The second-order valence-electron chi connectivity index (χ2n) is 3.39. The van der Waals surface area contributed by atoms with Crippen LogP contribution in [0.2, 0.25) is 5.02 Å². The summed E-state index contributed by atoms with van der Waals surface area (Å²) in [6, 6.07) is 16.1. The zero-order chi connectivity index (χ0) is 12.1. The summed E-state index contributed by atoms with van der Waals surface area (Å²) in [5.41, 5.74) is 1.10. The second kappa shape index (κ2) is 6.24. The molecule has 0 aliphatic heterocycles. The number of hydrogen-bond donors (Lipinski definition) is 1. The third-order valence-electron chi connectivity index (χ3n) is 2.19. The number of halogens is 1. The van der Waals surface area contributed by atoms with Crippen molar-refractivity contribution < 1.29 is 0 Å².